The van der Waals surface area contributed by atoms with E-state index in [1.165, 1.54) is 18.2 Å². The summed E-state index contributed by atoms with van der Waals surface area (Å²) in [5.41, 5.74) is 3.81. The Labute approximate surface area is 172 Å². The van der Waals surface area contributed by atoms with E-state index >= 15 is 0 Å². The van der Waals surface area contributed by atoms with Crippen molar-refractivity contribution in [3.05, 3.63) is 82.2 Å². The Balaban J connectivity index is 1.67. The first-order chi connectivity index (χ1) is 13.8. The number of halogens is 4. The highest BCUT2D eigenvalue weighted by Crippen LogP contribution is 2.35. The largest absolute Gasteiger partial charge is 0.489 e. The van der Waals surface area contributed by atoms with E-state index < -0.39 is 11.7 Å². The third-order valence-electron chi connectivity index (χ3n) is 4.81. The second kappa shape index (κ2) is 9.08. The van der Waals surface area contributed by atoms with Crippen LogP contribution < -0.4 is 4.74 Å². The van der Waals surface area contributed by atoms with Gasteiger partial charge in [0.2, 0.25) is 0 Å². The fourth-order valence-corrected chi connectivity index (χ4v) is 3.78. The summed E-state index contributed by atoms with van der Waals surface area (Å²) in [4.78, 5) is 0. The average Bonchev–Trinajstić information content (AvgIpc) is 3.06. The molecule has 2 aromatic rings. The van der Waals surface area contributed by atoms with Crippen LogP contribution in [-0.4, -0.2) is 12.4 Å². The molecule has 6 heteroatoms. The SMILES string of the molecule is CCSCc1cc(OCC2=C(C)CC(c3ccc(C(F)(F)F)cc3)=C2)ccc1F. The number of alkyl halides is 3. The molecule has 2 aromatic carbocycles. The molecule has 0 fully saturated rings. The van der Waals surface area contributed by atoms with Crippen molar-refractivity contribution < 1.29 is 22.3 Å². The summed E-state index contributed by atoms with van der Waals surface area (Å²) in [6, 6.07) is 9.97. The maximum Gasteiger partial charge on any atom is 0.416 e. The third kappa shape index (κ3) is 5.44. The lowest BCUT2D eigenvalue weighted by molar-refractivity contribution is -0.137. The van der Waals surface area contributed by atoms with Gasteiger partial charge in [-0.1, -0.05) is 30.7 Å². The number of allylic oxidation sites excluding steroid dienone is 2. The second-order valence-corrected chi connectivity index (χ2v) is 8.18. The molecular weight excluding hydrogens is 400 g/mol. The summed E-state index contributed by atoms with van der Waals surface area (Å²) in [5.74, 6) is 1.88. The lowest BCUT2D eigenvalue weighted by atomic mass is 10.0. The lowest BCUT2D eigenvalue weighted by Crippen LogP contribution is -2.04. The number of rotatable bonds is 7. The molecule has 0 saturated carbocycles. The summed E-state index contributed by atoms with van der Waals surface area (Å²) >= 11 is 1.64. The zero-order valence-corrected chi connectivity index (χ0v) is 17.1. The van der Waals surface area contributed by atoms with Crippen LogP contribution in [0, 0.1) is 5.82 Å². The predicted octanol–water partition coefficient (Wildman–Crippen LogP) is 7.28. The summed E-state index contributed by atoms with van der Waals surface area (Å²) < 4.78 is 58.0. The van der Waals surface area contributed by atoms with Gasteiger partial charge in [0.05, 0.1) is 5.56 Å². The zero-order chi connectivity index (χ0) is 21.0. The van der Waals surface area contributed by atoms with E-state index in [4.69, 9.17) is 4.74 Å². The van der Waals surface area contributed by atoms with Crippen LogP contribution in [0.25, 0.3) is 5.57 Å². The molecule has 0 unspecified atom stereocenters. The molecule has 0 saturated heterocycles. The fraction of sp³-hybridized carbons (Fsp3) is 0.304. The Morgan fingerprint density at radius 3 is 2.45 bits per heavy atom. The van der Waals surface area contributed by atoms with Gasteiger partial charge in [-0.25, -0.2) is 4.39 Å². The van der Waals surface area contributed by atoms with Gasteiger partial charge < -0.3 is 4.74 Å². The molecule has 0 amide bonds. The molecule has 0 atom stereocenters. The number of hydrogen-bond acceptors (Lipinski definition) is 2. The first kappa shape index (κ1) is 21.5. The maximum atomic E-state index is 13.9. The van der Waals surface area contributed by atoms with Gasteiger partial charge in [0.1, 0.15) is 18.2 Å². The molecule has 0 bridgehead atoms. The maximum absolute atomic E-state index is 13.9. The topological polar surface area (TPSA) is 9.23 Å². The minimum atomic E-state index is -4.33. The van der Waals surface area contributed by atoms with E-state index in [1.807, 2.05) is 19.9 Å². The van der Waals surface area contributed by atoms with Crippen molar-refractivity contribution in [1.82, 2.24) is 0 Å². The molecular formula is C23H22F4OS. The van der Waals surface area contributed by atoms with Gasteiger partial charge >= 0.3 is 6.18 Å². The summed E-state index contributed by atoms with van der Waals surface area (Å²) in [5, 5.41) is 0. The van der Waals surface area contributed by atoms with Crippen LogP contribution in [0.1, 0.15) is 37.0 Å². The Kier molecular flexibility index (Phi) is 6.73. The summed E-state index contributed by atoms with van der Waals surface area (Å²) in [6.45, 7) is 4.35. The van der Waals surface area contributed by atoms with E-state index in [2.05, 4.69) is 0 Å². The molecule has 1 nitrogen and oxygen atoms in total. The molecule has 1 aliphatic carbocycles. The van der Waals surface area contributed by atoms with E-state index in [1.54, 1.807) is 23.9 Å². The smallest absolute Gasteiger partial charge is 0.416 e. The number of ether oxygens (including phenoxy) is 1. The molecule has 0 aliphatic heterocycles. The van der Waals surface area contributed by atoms with Crippen LogP contribution >= 0.6 is 11.8 Å². The lowest BCUT2D eigenvalue weighted by Gasteiger charge is -2.09. The minimum Gasteiger partial charge on any atom is -0.489 e. The van der Waals surface area contributed by atoms with E-state index in [0.717, 1.165) is 40.2 Å². The quantitative estimate of drug-likeness (QED) is 0.434. The minimum absolute atomic E-state index is 0.237. The van der Waals surface area contributed by atoms with Gasteiger partial charge in [0, 0.05) is 11.3 Å². The Hall–Kier alpha value is -2.21. The van der Waals surface area contributed by atoms with Crippen LogP contribution in [0.15, 0.2) is 59.7 Å². The molecule has 29 heavy (non-hydrogen) atoms. The molecule has 0 heterocycles. The van der Waals surface area contributed by atoms with Crippen molar-refractivity contribution in [1.29, 1.82) is 0 Å². The second-order valence-electron chi connectivity index (χ2n) is 6.91. The first-order valence-electron chi connectivity index (χ1n) is 9.33. The van der Waals surface area contributed by atoms with E-state index in [9.17, 15) is 17.6 Å². The van der Waals surface area contributed by atoms with Crippen LogP contribution in [-0.2, 0) is 11.9 Å². The molecule has 3 rings (SSSR count). The van der Waals surface area contributed by atoms with Crippen molar-refractivity contribution in [2.45, 2.75) is 32.2 Å². The monoisotopic (exact) mass is 422 g/mol. The van der Waals surface area contributed by atoms with Crippen molar-refractivity contribution >= 4 is 17.3 Å². The average molecular weight is 422 g/mol. The molecule has 0 radical (unpaired) electrons. The Morgan fingerprint density at radius 2 is 1.79 bits per heavy atom. The fourth-order valence-electron chi connectivity index (χ4n) is 3.13. The highest BCUT2D eigenvalue weighted by Gasteiger charge is 2.30. The predicted molar refractivity (Wildman–Crippen MR) is 110 cm³/mol. The van der Waals surface area contributed by atoms with Gasteiger partial charge in [-0.05, 0) is 66.1 Å². The van der Waals surface area contributed by atoms with Crippen LogP contribution in [0.5, 0.6) is 5.75 Å². The highest BCUT2D eigenvalue weighted by molar-refractivity contribution is 7.98. The summed E-state index contributed by atoms with van der Waals surface area (Å²) in [6.07, 6.45) is -1.69. The van der Waals surface area contributed by atoms with Crippen LogP contribution in [0.3, 0.4) is 0 Å². The van der Waals surface area contributed by atoms with E-state index in [0.29, 0.717) is 30.1 Å². The van der Waals surface area contributed by atoms with Crippen molar-refractivity contribution in [3.63, 3.8) is 0 Å². The van der Waals surface area contributed by atoms with E-state index in [-0.39, 0.29) is 5.82 Å². The van der Waals surface area contributed by atoms with Crippen LogP contribution in [0.4, 0.5) is 17.6 Å². The van der Waals surface area contributed by atoms with Gasteiger partial charge in [-0.3, -0.25) is 0 Å². The summed E-state index contributed by atoms with van der Waals surface area (Å²) in [7, 11) is 0. The van der Waals surface area contributed by atoms with Gasteiger partial charge in [0.15, 0.2) is 0 Å². The third-order valence-corrected chi connectivity index (χ3v) is 5.73. The van der Waals surface area contributed by atoms with Gasteiger partial charge in [0.25, 0.3) is 0 Å². The highest BCUT2D eigenvalue weighted by atomic mass is 32.2. The standard InChI is InChI=1S/C23H22F4OS/c1-3-29-14-19-12-21(8-9-22(19)24)28-13-18-11-17(10-15(18)2)16-4-6-20(7-5-16)23(25,26)27/h4-9,11-12H,3,10,13-14H2,1-2H3. The first-order valence-corrected chi connectivity index (χ1v) is 10.5. The van der Waals surface area contributed by atoms with Crippen molar-refractivity contribution in [2.75, 3.05) is 12.4 Å². The number of thioether (sulfide) groups is 1. The molecule has 0 spiro atoms. The normalized spacial score (nSPS) is 14.3. The Bertz CT molecular complexity index is 927. The van der Waals surface area contributed by atoms with Gasteiger partial charge in [-0.2, -0.15) is 24.9 Å². The molecule has 1 aliphatic rings. The van der Waals surface area contributed by atoms with Gasteiger partial charge in [-0.15, -0.1) is 0 Å². The molecule has 0 N–H and O–H groups in total. The molecule has 154 valence electrons. The number of hydrogen-bond donors (Lipinski definition) is 0. The van der Waals surface area contributed by atoms with Crippen LogP contribution in [0.2, 0.25) is 0 Å². The molecule has 0 aromatic heterocycles. The zero-order valence-electron chi connectivity index (χ0n) is 16.3. The number of benzene rings is 2. The Morgan fingerprint density at radius 1 is 1.07 bits per heavy atom. The van der Waals surface area contributed by atoms with Crippen molar-refractivity contribution in [3.8, 4) is 5.75 Å². The van der Waals surface area contributed by atoms with Crippen molar-refractivity contribution in [2.24, 2.45) is 0 Å².